The molecule has 20 heavy (non-hydrogen) atoms. The molecule has 2 heterocycles. The number of aryl methyl sites for hydroxylation is 1. The van der Waals surface area contributed by atoms with Gasteiger partial charge in [-0.2, -0.15) is 4.98 Å². The number of rotatable bonds is 4. The highest BCUT2D eigenvalue weighted by Crippen LogP contribution is 2.29. The van der Waals surface area contributed by atoms with Crippen LogP contribution in [0.2, 0.25) is 0 Å². The summed E-state index contributed by atoms with van der Waals surface area (Å²) in [5, 5.41) is 4.74. The summed E-state index contributed by atoms with van der Waals surface area (Å²) in [5.74, 6) is 1.92. The number of aromatic nitrogens is 2. The van der Waals surface area contributed by atoms with Crippen LogP contribution in [0.15, 0.2) is 45.8 Å². The van der Waals surface area contributed by atoms with E-state index in [0.717, 1.165) is 9.88 Å². The van der Waals surface area contributed by atoms with E-state index in [0.29, 0.717) is 17.5 Å². The number of nitrogens with zero attached hydrogens (tertiary/aromatic N) is 2. The van der Waals surface area contributed by atoms with Crippen molar-refractivity contribution in [1.29, 1.82) is 0 Å². The van der Waals surface area contributed by atoms with Crippen molar-refractivity contribution in [3.8, 4) is 10.8 Å². The van der Waals surface area contributed by atoms with E-state index in [1.807, 2.05) is 18.2 Å². The number of nitrogens with two attached hydrogens (primary N) is 1. The number of hydrogen-bond donors (Lipinski definition) is 1. The van der Waals surface area contributed by atoms with E-state index in [1.165, 1.54) is 21.8 Å². The van der Waals surface area contributed by atoms with Crippen LogP contribution in [0.1, 0.15) is 11.4 Å². The minimum absolute atomic E-state index is 0.534. The minimum atomic E-state index is 0.534. The van der Waals surface area contributed by atoms with Crippen molar-refractivity contribution in [2.45, 2.75) is 17.6 Å². The molecule has 0 bridgehead atoms. The van der Waals surface area contributed by atoms with Gasteiger partial charge in [0.2, 0.25) is 0 Å². The van der Waals surface area contributed by atoms with Crippen molar-refractivity contribution >= 4 is 28.1 Å². The van der Waals surface area contributed by atoms with Crippen LogP contribution in [0.5, 0.6) is 0 Å². The van der Waals surface area contributed by atoms with Gasteiger partial charge in [0.15, 0.2) is 5.82 Å². The molecule has 3 aromatic rings. The van der Waals surface area contributed by atoms with Crippen LogP contribution >= 0.6 is 23.1 Å². The molecule has 0 radical (unpaired) electrons. The first-order valence-corrected chi connectivity index (χ1v) is 7.88. The summed E-state index contributed by atoms with van der Waals surface area (Å²) in [7, 11) is 0. The highest BCUT2D eigenvalue weighted by atomic mass is 32.2. The second-order valence-electron chi connectivity index (χ2n) is 4.32. The molecule has 2 aromatic heterocycles. The second-order valence-corrected chi connectivity index (χ2v) is 6.49. The molecule has 0 saturated carbocycles. The van der Waals surface area contributed by atoms with Gasteiger partial charge in [0.05, 0.1) is 15.6 Å². The molecule has 0 fully saturated rings. The molecule has 2 N–H and O–H groups in total. The zero-order chi connectivity index (χ0) is 13.9. The zero-order valence-corrected chi connectivity index (χ0v) is 12.5. The van der Waals surface area contributed by atoms with Crippen LogP contribution in [-0.2, 0) is 5.75 Å². The van der Waals surface area contributed by atoms with Gasteiger partial charge >= 0.3 is 0 Å². The lowest BCUT2D eigenvalue weighted by Crippen LogP contribution is -1.84. The summed E-state index contributed by atoms with van der Waals surface area (Å²) >= 11 is 3.14. The number of thioether (sulfide) groups is 1. The minimum Gasteiger partial charge on any atom is -0.391 e. The summed E-state index contributed by atoms with van der Waals surface area (Å²) < 4.78 is 5.26. The molecule has 1 aromatic carbocycles. The zero-order valence-electron chi connectivity index (χ0n) is 10.9. The van der Waals surface area contributed by atoms with Gasteiger partial charge in [0.25, 0.3) is 5.89 Å². The quantitative estimate of drug-likeness (QED) is 0.738. The smallest absolute Gasteiger partial charge is 0.268 e. The lowest BCUT2D eigenvalue weighted by Gasteiger charge is -1.99. The fraction of sp³-hybridized carbons (Fsp3) is 0.143. The number of thiophene rings is 1. The van der Waals surface area contributed by atoms with Crippen LogP contribution in [-0.4, -0.2) is 10.1 Å². The average molecular weight is 303 g/mol. The Balaban J connectivity index is 1.68. The van der Waals surface area contributed by atoms with E-state index in [2.05, 4.69) is 35.3 Å². The van der Waals surface area contributed by atoms with Gasteiger partial charge in [-0.05, 0) is 31.2 Å². The number of hydrogen-bond acceptors (Lipinski definition) is 6. The highest BCUT2D eigenvalue weighted by molar-refractivity contribution is 7.98. The van der Waals surface area contributed by atoms with Crippen molar-refractivity contribution in [2.24, 2.45) is 0 Å². The van der Waals surface area contributed by atoms with Gasteiger partial charge < -0.3 is 10.3 Å². The largest absolute Gasteiger partial charge is 0.391 e. The van der Waals surface area contributed by atoms with Gasteiger partial charge in [0.1, 0.15) is 0 Å². The Morgan fingerprint density at radius 1 is 1.30 bits per heavy atom. The van der Waals surface area contributed by atoms with Crippen molar-refractivity contribution in [2.75, 3.05) is 5.73 Å². The molecule has 0 amide bonds. The highest BCUT2D eigenvalue weighted by Gasteiger charge is 2.11. The van der Waals surface area contributed by atoms with Crippen molar-refractivity contribution in [3.05, 3.63) is 47.8 Å². The Morgan fingerprint density at radius 2 is 2.20 bits per heavy atom. The monoisotopic (exact) mass is 303 g/mol. The molecule has 0 unspecified atom stereocenters. The third-order valence-electron chi connectivity index (χ3n) is 2.66. The summed E-state index contributed by atoms with van der Waals surface area (Å²) in [5.41, 5.74) is 6.94. The molecule has 3 rings (SSSR count). The van der Waals surface area contributed by atoms with Gasteiger partial charge in [0, 0.05) is 4.90 Å². The van der Waals surface area contributed by atoms with E-state index in [9.17, 15) is 0 Å². The van der Waals surface area contributed by atoms with Crippen LogP contribution < -0.4 is 5.73 Å². The number of benzene rings is 1. The van der Waals surface area contributed by atoms with E-state index in [1.54, 1.807) is 11.8 Å². The van der Waals surface area contributed by atoms with Gasteiger partial charge in [-0.3, -0.25) is 0 Å². The molecular weight excluding hydrogens is 290 g/mol. The Kier molecular flexibility index (Phi) is 3.75. The molecule has 0 aliphatic carbocycles. The molecule has 0 aliphatic heterocycles. The first kappa shape index (κ1) is 13.2. The summed E-state index contributed by atoms with van der Waals surface area (Å²) in [6.07, 6.45) is 0. The third kappa shape index (κ3) is 3.02. The second kappa shape index (κ2) is 5.68. The molecule has 0 atom stereocenters. The predicted molar refractivity (Wildman–Crippen MR) is 82.8 cm³/mol. The Hall–Kier alpha value is -1.79. The van der Waals surface area contributed by atoms with Crippen LogP contribution in [0, 0.1) is 6.92 Å². The number of nitrogen functional groups attached to an aromatic ring is 1. The summed E-state index contributed by atoms with van der Waals surface area (Å²) in [6, 6.07) is 12.1. The van der Waals surface area contributed by atoms with Crippen LogP contribution in [0.4, 0.5) is 5.00 Å². The van der Waals surface area contributed by atoms with Gasteiger partial charge in [-0.1, -0.05) is 22.9 Å². The maximum Gasteiger partial charge on any atom is 0.268 e. The summed E-state index contributed by atoms with van der Waals surface area (Å²) in [4.78, 5) is 6.50. The van der Waals surface area contributed by atoms with E-state index >= 15 is 0 Å². The SMILES string of the molecule is Cc1cccc(SCc2noc(-c3ccc(N)s3)n2)c1. The summed E-state index contributed by atoms with van der Waals surface area (Å²) in [6.45, 7) is 2.08. The molecule has 0 saturated heterocycles. The predicted octanol–water partition coefficient (Wildman–Crippen LogP) is 3.98. The van der Waals surface area contributed by atoms with Crippen LogP contribution in [0.25, 0.3) is 10.8 Å². The molecule has 102 valence electrons. The van der Waals surface area contributed by atoms with Crippen molar-refractivity contribution < 1.29 is 4.52 Å². The lowest BCUT2D eigenvalue weighted by atomic mass is 10.2. The Bertz CT molecular complexity index is 721. The maximum absolute atomic E-state index is 5.70. The van der Waals surface area contributed by atoms with Crippen molar-refractivity contribution in [3.63, 3.8) is 0 Å². The van der Waals surface area contributed by atoms with Gasteiger partial charge in [-0.15, -0.1) is 23.1 Å². The maximum atomic E-state index is 5.70. The standard InChI is InChI=1S/C14H13N3OS2/c1-9-3-2-4-10(7-9)19-8-13-16-14(18-17-13)11-5-6-12(15)20-11/h2-7H,8,15H2,1H3. The molecule has 4 nitrogen and oxygen atoms in total. The fourth-order valence-corrected chi connectivity index (χ4v) is 3.29. The lowest BCUT2D eigenvalue weighted by molar-refractivity contribution is 0.426. The fourth-order valence-electron chi connectivity index (χ4n) is 1.73. The Labute approximate surface area is 125 Å². The molecule has 0 aliphatic rings. The van der Waals surface area contributed by atoms with Gasteiger partial charge in [-0.25, -0.2) is 0 Å². The van der Waals surface area contributed by atoms with E-state index in [4.69, 9.17) is 10.3 Å². The molecular formula is C14H13N3OS2. The average Bonchev–Trinajstić information content (AvgIpc) is 3.05. The van der Waals surface area contributed by atoms with Crippen molar-refractivity contribution in [1.82, 2.24) is 10.1 Å². The molecule has 0 spiro atoms. The van der Waals surface area contributed by atoms with Crippen LogP contribution in [0.3, 0.4) is 0 Å². The van der Waals surface area contributed by atoms with E-state index < -0.39 is 0 Å². The number of anilines is 1. The Morgan fingerprint density at radius 3 is 2.95 bits per heavy atom. The molecule has 6 heteroatoms. The first-order valence-electron chi connectivity index (χ1n) is 6.08. The first-order chi connectivity index (χ1) is 9.70. The third-order valence-corrected chi connectivity index (χ3v) is 4.56. The normalized spacial score (nSPS) is 10.8. The topological polar surface area (TPSA) is 64.9 Å². The van der Waals surface area contributed by atoms with E-state index in [-0.39, 0.29) is 0 Å².